The van der Waals surface area contributed by atoms with Crippen LogP contribution in [0.2, 0.25) is 5.02 Å². The van der Waals surface area contributed by atoms with E-state index in [1.54, 1.807) is 18.3 Å². The molecule has 6 rings (SSSR count). The molecule has 0 bridgehead atoms. The minimum atomic E-state index is -1.10. The Morgan fingerprint density at radius 2 is 1.85 bits per heavy atom. The summed E-state index contributed by atoms with van der Waals surface area (Å²) >= 11 is 6.04. The first-order chi connectivity index (χ1) is 22.8. The average molecular weight is 663 g/mol. The Kier molecular flexibility index (Phi) is 10.6. The first-order valence-corrected chi connectivity index (χ1v) is 17.2. The topological polar surface area (TPSA) is 107 Å². The van der Waals surface area contributed by atoms with Crippen molar-refractivity contribution in [2.24, 2.45) is 10.9 Å². The molecule has 1 saturated heterocycles. The third kappa shape index (κ3) is 8.26. The molecule has 0 radical (unpaired) electrons. The first-order valence-electron chi connectivity index (χ1n) is 16.8. The highest BCUT2D eigenvalue weighted by atomic mass is 35.5. The summed E-state index contributed by atoms with van der Waals surface area (Å²) in [7, 11) is 0. The van der Waals surface area contributed by atoms with Crippen LogP contribution in [0.3, 0.4) is 0 Å². The standard InChI is InChI=1S/C37H43ClN2O7/c1-25(45-36(42)46-29-8-3-2-4-9-29)44-35(41)32-10-5-11-33-31(32)17-16-30-26(18-21-39-34(30)47-33)7-6-22-40-23-19-37(43,20-24-40)27-12-14-28(38)15-13-27/h5,7,10-15,18,21,25,29-30,43H,2-4,6,8-9,16-17,19-20,22-24H2,1H3. The number of piperidine rings is 1. The number of benzene rings is 2. The molecule has 2 fully saturated rings. The quantitative estimate of drug-likeness (QED) is 0.229. The summed E-state index contributed by atoms with van der Waals surface area (Å²) in [5.41, 5.74) is 2.36. The monoisotopic (exact) mass is 662 g/mol. The Bertz CT molecular complexity index is 1520. The van der Waals surface area contributed by atoms with Gasteiger partial charge in [0.25, 0.3) is 0 Å². The lowest BCUT2D eigenvalue weighted by molar-refractivity contribution is -0.0915. The van der Waals surface area contributed by atoms with Crippen molar-refractivity contribution in [3.63, 3.8) is 0 Å². The van der Waals surface area contributed by atoms with Crippen LogP contribution in [-0.2, 0) is 26.2 Å². The van der Waals surface area contributed by atoms with Gasteiger partial charge in [0.1, 0.15) is 11.9 Å². The second-order valence-corrected chi connectivity index (χ2v) is 13.3. The molecule has 1 aliphatic carbocycles. The molecule has 2 aromatic carbocycles. The first kappa shape index (κ1) is 33.2. The normalized spacial score (nSPS) is 22.6. The van der Waals surface area contributed by atoms with E-state index in [2.05, 4.69) is 16.0 Å². The fraction of sp³-hybridized carbons (Fsp3) is 0.486. The van der Waals surface area contributed by atoms with Gasteiger partial charge in [-0.05, 0) is 99.3 Å². The zero-order chi connectivity index (χ0) is 32.8. The number of aliphatic imine (C=N–C) groups is 1. The number of likely N-dealkylation sites (tertiary alicyclic amines) is 1. The summed E-state index contributed by atoms with van der Waals surface area (Å²) in [6.07, 6.45) is 12.3. The Labute approximate surface area is 281 Å². The van der Waals surface area contributed by atoms with E-state index in [0.29, 0.717) is 47.9 Å². The molecule has 2 atom stereocenters. The van der Waals surface area contributed by atoms with Crippen LogP contribution in [0.15, 0.2) is 71.4 Å². The highest BCUT2D eigenvalue weighted by molar-refractivity contribution is 6.30. The zero-order valence-corrected chi connectivity index (χ0v) is 27.6. The maximum atomic E-state index is 13.2. The van der Waals surface area contributed by atoms with Crippen molar-refractivity contribution in [2.45, 2.75) is 89.1 Å². The lowest BCUT2D eigenvalue weighted by Gasteiger charge is -2.38. The Morgan fingerprint density at radius 1 is 1.09 bits per heavy atom. The molecular formula is C37H43ClN2O7. The SMILES string of the molecule is CC(OC(=O)OC1CCCCC1)OC(=O)c1cccc2c1CCC1C(=CCCN3CCC(O)(c4ccc(Cl)cc4)CC3)C=CN=C1O2. The average Bonchev–Trinajstić information content (AvgIpc) is 3.26. The van der Waals surface area contributed by atoms with Crippen LogP contribution >= 0.6 is 11.6 Å². The third-order valence-corrected chi connectivity index (χ3v) is 9.91. The number of rotatable bonds is 8. The predicted molar refractivity (Wildman–Crippen MR) is 178 cm³/mol. The van der Waals surface area contributed by atoms with Crippen molar-refractivity contribution >= 4 is 29.6 Å². The maximum Gasteiger partial charge on any atom is 0.511 e. The maximum absolute atomic E-state index is 13.2. The summed E-state index contributed by atoms with van der Waals surface area (Å²) in [4.78, 5) is 32.4. The van der Waals surface area contributed by atoms with Crippen molar-refractivity contribution in [1.29, 1.82) is 0 Å². The van der Waals surface area contributed by atoms with E-state index >= 15 is 0 Å². The van der Waals surface area contributed by atoms with Crippen molar-refractivity contribution in [2.75, 3.05) is 19.6 Å². The molecule has 47 heavy (non-hydrogen) atoms. The molecule has 2 aromatic rings. The van der Waals surface area contributed by atoms with E-state index < -0.39 is 24.0 Å². The van der Waals surface area contributed by atoms with Crippen LogP contribution < -0.4 is 4.74 Å². The van der Waals surface area contributed by atoms with Crippen molar-refractivity contribution in [1.82, 2.24) is 4.90 Å². The van der Waals surface area contributed by atoms with Crippen molar-refractivity contribution in [3.8, 4) is 5.75 Å². The Hall–Kier alpha value is -3.66. The molecule has 9 nitrogen and oxygen atoms in total. The fourth-order valence-electron chi connectivity index (χ4n) is 6.98. The number of esters is 1. The lowest BCUT2D eigenvalue weighted by Crippen LogP contribution is -2.42. The molecular weight excluding hydrogens is 620 g/mol. The van der Waals surface area contributed by atoms with Crippen LogP contribution in [0, 0.1) is 5.92 Å². The van der Waals surface area contributed by atoms with Crippen LogP contribution in [0.1, 0.15) is 86.2 Å². The van der Waals surface area contributed by atoms with Gasteiger partial charge in [-0.2, -0.15) is 0 Å². The summed E-state index contributed by atoms with van der Waals surface area (Å²) in [6, 6.07) is 12.8. The minimum absolute atomic E-state index is 0.0376. The number of fused-ring (bicyclic) bond motifs is 2. The fourth-order valence-corrected chi connectivity index (χ4v) is 7.11. The Balaban J connectivity index is 1.02. The van der Waals surface area contributed by atoms with Gasteiger partial charge in [-0.25, -0.2) is 14.6 Å². The van der Waals surface area contributed by atoms with Gasteiger partial charge in [0.2, 0.25) is 12.2 Å². The van der Waals surface area contributed by atoms with E-state index in [0.717, 1.165) is 74.9 Å². The number of allylic oxidation sites excluding steroid dienone is 1. The van der Waals surface area contributed by atoms with Crippen LogP contribution in [0.5, 0.6) is 5.75 Å². The summed E-state index contributed by atoms with van der Waals surface area (Å²) in [5, 5.41) is 11.9. The number of aliphatic hydroxyl groups is 1. The molecule has 0 spiro atoms. The smallest absolute Gasteiger partial charge is 0.442 e. The van der Waals surface area contributed by atoms with Crippen LogP contribution in [0.4, 0.5) is 4.79 Å². The molecule has 1 N–H and O–H groups in total. The number of hydrogen-bond donors (Lipinski definition) is 1. The summed E-state index contributed by atoms with van der Waals surface area (Å²) in [5.74, 6) is 0.552. The van der Waals surface area contributed by atoms with Gasteiger partial charge in [-0.3, -0.25) is 0 Å². The second kappa shape index (κ2) is 15.0. The molecule has 1 saturated carbocycles. The van der Waals surface area contributed by atoms with Crippen LogP contribution in [-0.4, -0.2) is 60.1 Å². The number of nitrogens with zero attached hydrogens (tertiary/aromatic N) is 2. The van der Waals surface area contributed by atoms with Gasteiger partial charge >= 0.3 is 12.1 Å². The Morgan fingerprint density at radius 3 is 2.62 bits per heavy atom. The van der Waals surface area contributed by atoms with Gasteiger partial charge < -0.3 is 29.0 Å². The largest absolute Gasteiger partial charge is 0.511 e. The highest BCUT2D eigenvalue weighted by Gasteiger charge is 2.34. The molecule has 3 heterocycles. The van der Waals surface area contributed by atoms with Gasteiger partial charge in [-0.1, -0.05) is 42.3 Å². The molecule has 0 amide bonds. The van der Waals surface area contributed by atoms with Gasteiger partial charge in [0, 0.05) is 43.3 Å². The minimum Gasteiger partial charge on any atom is -0.442 e. The van der Waals surface area contributed by atoms with E-state index in [1.807, 2.05) is 36.4 Å². The predicted octanol–water partition coefficient (Wildman–Crippen LogP) is 7.50. The van der Waals surface area contributed by atoms with E-state index in [-0.39, 0.29) is 12.0 Å². The van der Waals surface area contributed by atoms with Gasteiger partial charge in [0.05, 0.1) is 17.1 Å². The number of hydrogen-bond acceptors (Lipinski definition) is 9. The number of halogens is 1. The van der Waals surface area contributed by atoms with Crippen molar-refractivity contribution in [3.05, 3.63) is 88.1 Å². The van der Waals surface area contributed by atoms with E-state index in [9.17, 15) is 14.7 Å². The van der Waals surface area contributed by atoms with Crippen LogP contribution in [0.25, 0.3) is 0 Å². The highest BCUT2D eigenvalue weighted by Crippen LogP contribution is 2.36. The molecule has 250 valence electrons. The molecule has 4 aliphatic rings. The molecule has 0 aromatic heterocycles. The van der Waals surface area contributed by atoms with Gasteiger partial charge in [0.15, 0.2) is 0 Å². The van der Waals surface area contributed by atoms with E-state index in [4.69, 9.17) is 30.5 Å². The van der Waals surface area contributed by atoms with Crippen molar-refractivity contribution < 1.29 is 33.6 Å². The zero-order valence-electron chi connectivity index (χ0n) is 26.9. The second-order valence-electron chi connectivity index (χ2n) is 12.9. The van der Waals surface area contributed by atoms with Gasteiger partial charge in [-0.15, -0.1) is 0 Å². The number of ether oxygens (including phenoxy) is 4. The van der Waals surface area contributed by atoms with E-state index in [1.165, 1.54) is 6.92 Å². The summed E-state index contributed by atoms with van der Waals surface area (Å²) < 4.78 is 22.4. The summed E-state index contributed by atoms with van der Waals surface area (Å²) in [6.45, 7) is 4.03. The molecule has 3 aliphatic heterocycles. The third-order valence-electron chi connectivity index (χ3n) is 9.66. The number of carbonyl (C=O) groups is 2. The number of carbonyl (C=O) groups excluding carboxylic acids is 2. The molecule has 10 heteroatoms. The molecule has 2 unspecified atom stereocenters. The lowest BCUT2D eigenvalue weighted by atomic mass is 9.84.